The molecule has 0 bridgehead atoms. The van der Waals surface area contributed by atoms with Gasteiger partial charge in [0.1, 0.15) is 0 Å². The SMILES string of the molecule is CCC(=O)N[C@@H]1CCN(C(=O)C2CCCC2)C1. The largest absolute Gasteiger partial charge is 0.352 e. The Hall–Kier alpha value is -1.06. The first-order valence-electron chi connectivity index (χ1n) is 6.79. The average Bonchev–Trinajstić information content (AvgIpc) is 2.98. The van der Waals surface area contributed by atoms with Crippen LogP contribution in [0.3, 0.4) is 0 Å². The summed E-state index contributed by atoms with van der Waals surface area (Å²) in [6.45, 7) is 3.37. The van der Waals surface area contributed by atoms with Gasteiger partial charge in [-0.25, -0.2) is 0 Å². The van der Waals surface area contributed by atoms with Gasteiger partial charge in [0.15, 0.2) is 0 Å². The van der Waals surface area contributed by atoms with Crippen molar-refractivity contribution in [2.45, 2.75) is 51.5 Å². The van der Waals surface area contributed by atoms with Gasteiger partial charge in [-0.1, -0.05) is 19.8 Å². The molecule has 1 saturated carbocycles. The Morgan fingerprint density at radius 2 is 1.94 bits per heavy atom. The summed E-state index contributed by atoms with van der Waals surface area (Å²) >= 11 is 0. The normalized spacial score (nSPS) is 25.2. The molecule has 2 aliphatic rings. The van der Waals surface area contributed by atoms with E-state index in [1.165, 1.54) is 12.8 Å². The number of rotatable bonds is 3. The van der Waals surface area contributed by atoms with Crippen LogP contribution in [0.1, 0.15) is 45.4 Å². The van der Waals surface area contributed by atoms with Gasteiger partial charge in [-0.15, -0.1) is 0 Å². The number of likely N-dealkylation sites (tertiary alicyclic amines) is 1. The van der Waals surface area contributed by atoms with E-state index in [0.29, 0.717) is 18.9 Å². The quantitative estimate of drug-likeness (QED) is 0.805. The predicted octanol–water partition coefficient (Wildman–Crippen LogP) is 1.30. The number of nitrogens with one attached hydrogen (secondary N) is 1. The second kappa shape index (κ2) is 5.52. The fraction of sp³-hybridized carbons (Fsp3) is 0.846. The van der Waals surface area contributed by atoms with Crippen molar-refractivity contribution < 1.29 is 9.59 Å². The van der Waals surface area contributed by atoms with Crippen LogP contribution in [-0.2, 0) is 9.59 Å². The molecule has 0 aromatic rings. The van der Waals surface area contributed by atoms with Crippen molar-refractivity contribution in [3.05, 3.63) is 0 Å². The highest BCUT2D eigenvalue weighted by molar-refractivity contribution is 5.80. The third-order valence-corrected chi connectivity index (χ3v) is 3.89. The van der Waals surface area contributed by atoms with Crippen LogP contribution < -0.4 is 5.32 Å². The number of hydrogen-bond acceptors (Lipinski definition) is 2. The zero-order valence-electron chi connectivity index (χ0n) is 10.6. The molecule has 1 atom stereocenters. The van der Waals surface area contributed by atoms with Crippen LogP contribution in [0.2, 0.25) is 0 Å². The number of carbonyl (C=O) groups is 2. The summed E-state index contributed by atoms with van der Waals surface area (Å²) in [6.07, 6.45) is 5.93. The van der Waals surface area contributed by atoms with Crippen molar-refractivity contribution in [1.29, 1.82) is 0 Å². The van der Waals surface area contributed by atoms with Gasteiger partial charge in [0, 0.05) is 31.5 Å². The minimum Gasteiger partial charge on any atom is -0.352 e. The number of amides is 2. The molecule has 1 N–H and O–H groups in total. The Morgan fingerprint density at radius 3 is 2.59 bits per heavy atom. The van der Waals surface area contributed by atoms with Crippen LogP contribution in [0.25, 0.3) is 0 Å². The van der Waals surface area contributed by atoms with Crippen LogP contribution >= 0.6 is 0 Å². The third kappa shape index (κ3) is 2.99. The van der Waals surface area contributed by atoms with Crippen LogP contribution in [0, 0.1) is 5.92 Å². The van der Waals surface area contributed by atoms with Crippen molar-refractivity contribution in [1.82, 2.24) is 10.2 Å². The molecule has 2 fully saturated rings. The van der Waals surface area contributed by atoms with Gasteiger partial charge < -0.3 is 10.2 Å². The van der Waals surface area contributed by atoms with E-state index in [0.717, 1.165) is 25.8 Å². The smallest absolute Gasteiger partial charge is 0.225 e. The number of nitrogens with zero attached hydrogens (tertiary/aromatic N) is 1. The fourth-order valence-electron chi connectivity index (χ4n) is 2.84. The Labute approximate surface area is 103 Å². The van der Waals surface area contributed by atoms with E-state index in [4.69, 9.17) is 0 Å². The molecule has 0 aromatic carbocycles. The Kier molecular flexibility index (Phi) is 4.02. The molecule has 0 unspecified atom stereocenters. The molecule has 17 heavy (non-hydrogen) atoms. The molecule has 1 saturated heterocycles. The van der Waals surface area contributed by atoms with E-state index in [9.17, 15) is 9.59 Å². The zero-order chi connectivity index (χ0) is 12.3. The Morgan fingerprint density at radius 1 is 1.24 bits per heavy atom. The van der Waals surface area contributed by atoms with Crippen molar-refractivity contribution in [2.75, 3.05) is 13.1 Å². The summed E-state index contributed by atoms with van der Waals surface area (Å²) in [4.78, 5) is 25.4. The van der Waals surface area contributed by atoms with Gasteiger partial charge in [0.2, 0.25) is 11.8 Å². The van der Waals surface area contributed by atoms with E-state index in [2.05, 4.69) is 5.32 Å². The third-order valence-electron chi connectivity index (χ3n) is 3.89. The van der Waals surface area contributed by atoms with Gasteiger partial charge in [-0.3, -0.25) is 9.59 Å². The van der Waals surface area contributed by atoms with E-state index < -0.39 is 0 Å². The summed E-state index contributed by atoms with van der Waals surface area (Å²) in [5.74, 6) is 0.663. The summed E-state index contributed by atoms with van der Waals surface area (Å²) in [5, 5.41) is 2.97. The summed E-state index contributed by atoms with van der Waals surface area (Å²) < 4.78 is 0. The van der Waals surface area contributed by atoms with E-state index in [1.807, 2.05) is 11.8 Å². The molecule has 2 amide bonds. The maximum atomic E-state index is 12.2. The fourth-order valence-corrected chi connectivity index (χ4v) is 2.84. The zero-order valence-corrected chi connectivity index (χ0v) is 10.6. The van der Waals surface area contributed by atoms with Crippen molar-refractivity contribution >= 4 is 11.8 Å². The van der Waals surface area contributed by atoms with Crippen LogP contribution in [-0.4, -0.2) is 35.8 Å². The highest BCUT2D eigenvalue weighted by Gasteiger charge is 2.32. The topological polar surface area (TPSA) is 49.4 Å². The van der Waals surface area contributed by atoms with Crippen molar-refractivity contribution in [2.24, 2.45) is 5.92 Å². The first kappa shape index (κ1) is 12.4. The highest BCUT2D eigenvalue weighted by atomic mass is 16.2. The van der Waals surface area contributed by atoms with Gasteiger partial charge in [-0.2, -0.15) is 0 Å². The average molecular weight is 238 g/mol. The molecule has 1 aliphatic carbocycles. The molecule has 4 heteroatoms. The summed E-state index contributed by atoms with van der Waals surface area (Å²) in [5.41, 5.74) is 0. The number of carbonyl (C=O) groups excluding carboxylic acids is 2. The molecule has 0 aromatic heterocycles. The predicted molar refractivity (Wildman–Crippen MR) is 65.4 cm³/mol. The lowest BCUT2D eigenvalue weighted by atomic mass is 10.1. The molecule has 0 radical (unpaired) electrons. The van der Waals surface area contributed by atoms with E-state index in [1.54, 1.807) is 0 Å². The van der Waals surface area contributed by atoms with E-state index >= 15 is 0 Å². The van der Waals surface area contributed by atoms with Gasteiger partial charge in [0.05, 0.1) is 0 Å². The molecule has 2 rings (SSSR count). The molecule has 1 aliphatic heterocycles. The Bertz CT molecular complexity index is 298. The maximum absolute atomic E-state index is 12.2. The monoisotopic (exact) mass is 238 g/mol. The molecule has 0 spiro atoms. The van der Waals surface area contributed by atoms with Crippen LogP contribution in [0.15, 0.2) is 0 Å². The lowest BCUT2D eigenvalue weighted by molar-refractivity contribution is -0.134. The maximum Gasteiger partial charge on any atom is 0.225 e. The number of hydrogen-bond donors (Lipinski definition) is 1. The minimum atomic E-state index is 0.0881. The standard InChI is InChI=1S/C13H22N2O2/c1-2-12(16)14-11-7-8-15(9-11)13(17)10-5-3-4-6-10/h10-11H,2-9H2,1H3,(H,14,16)/t11-/m1/s1. The second-order valence-corrected chi connectivity index (χ2v) is 5.17. The molecular weight excluding hydrogens is 216 g/mol. The van der Waals surface area contributed by atoms with Gasteiger partial charge in [0.25, 0.3) is 0 Å². The molecule has 4 nitrogen and oxygen atoms in total. The molecule has 1 heterocycles. The van der Waals surface area contributed by atoms with Crippen molar-refractivity contribution in [3.63, 3.8) is 0 Å². The van der Waals surface area contributed by atoms with Gasteiger partial charge in [-0.05, 0) is 19.3 Å². The summed E-state index contributed by atoms with van der Waals surface area (Å²) in [6, 6.07) is 0.174. The van der Waals surface area contributed by atoms with Gasteiger partial charge >= 0.3 is 0 Å². The lowest BCUT2D eigenvalue weighted by Gasteiger charge is -2.20. The lowest BCUT2D eigenvalue weighted by Crippen LogP contribution is -2.39. The highest BCUT2D eigenvalue weighted by Crippen LogP contribution is 2.27. The first-order chi connectivity index (χ1) is 8.20. The Balaban J connectivity index is 1.80. The summed E-state index contributed by atoms with van der Waals surface area (Å²) in [7, 11) is 0. The first-order valence-corrected chi connectivity index (χ1v) is 6.79. The van der Waals surface area contributed by atoms with Crippen LogP contribution in [0.5, 0.6) is 0 Å². The molecule has 96 valence electrons. The second-order valence-electron chi connectivity index (χ2n) is 5.17. The minimum absolute atomic E-state index is 0.0881. The molecular formula is C13H22N2O2. The van der Waals surface area contributed by atoms with Crippen LogP contribution in [0.4, 0.5) is 0 Å². The van der Waals surface area contributed by atoms with Crippen molar-refractivity contribution in [3.8, 4) is 0 Å². The van der Waals surface area contributed by atoms with E-state index in [-0.39, 0.29) is 17.9 Å².